The first-order chi connectivity index (χ1) is 9.74. The first kappa shape index (κ1) is 14.5. The highest BCUT2D eigenvalue weighted by Gasteiger charge is 2.04. The predicted octanol–water partition coefficient (Wildman–Crippen LogP) is 1.92. The third-order valence-corrected chi connectivity index (χ3v) is 2.92. The third kappa shape index (κ3) is 4.99. The Hall–Kier alpha value is -1.91. The number of ether oxygens (including phenoxy) is 1. The van der Waals surface area contributed by atoms with Gasteiger partial charge in [0.15, 0.2) is 0 Å². The van der Waals surface area contributed by atoms with Gasteiger partial charge in [-0.2, -0.15) is 0 Å². The molecule has 0 aliphatic rings. The monoisotopic (exact) mass is 272 g/mol. The molecule has 0 fully saturated rings. The number of hydrogen-bond donors (Lipinski definition) is 2. The lowest BCUT2D eigenvalue weighted by Crippen LogP contribution is -2.31. The molecular formula is C16H20N2O2. The van der Waals surface area contributed by atoms with Gasteiger partial charge in [0.2, 0.25) is 0 Å². The van der Waals surface area contributed by atoms with E-state index >= 15 is 0 Å². The Labute approximate surface area is 119 Å². The van der Waals surface area contributed by atoms with E-state index in [4.69, 9.17) is 4.74 Å². The first-order valence-corrected chi connectivity index (χ1v) is 6.71. The highest BCUT2D eigenvalue weighted by molar-refractivity contribution is 5.26. The van der Waals surface area contributed by atoms with Crippen LogP contribution >= 0.6 is 0 Å². The van der Waals surface area contributed by atoms with E-state index in [2.05, 4.69) is 10.3 Å². The van der Waals surface area contributed by atoms with Crippen molar-refractivity contribution >= 4 is 0 Å². The first-order valence-electron chi connectivity index (χ1n) is 6.71. The molecule has 1 aromatic heterocycles. The minimum atomic E-state index is -0.529. The lowest BCUT2D eigenvalue weighted by Gasteiger charge is -2.13. The van der Waals surface area contributed by atoms with Gasteiger partial charge in [-0.1, -0.05) is 17.7 Å². The molecule has 4 heteroatoms. The van der Waals surface area contributed by atoms with Crippen molar-refractivity contribution in [2.75, 3.05) is 13.2 Å². The fraction of sp³-hybridized carbons (Fsp3) is 0.312. The molecule has 1 aromatic carbocycles. The molecule has 106 valence electrons. The van der Waals surface area contributed by atoms with Crippen LogP contribution in [0.15, 0.2) is 48.8 Å². The summed E-state index contributed by atoms with van der Waals surface area (Å²) in [5.41, 5.74) is 2.34. The number of hydrogen-bond acceptors (Lipinski definition) is 4. The lowest BCUT2D eigenvalue weighted by atomic mass is 10.2. The van der Waals surface area contributed by atoms with E-state index < -0.39 is 6.10 Å². The van der Waals surface area contributed by atoms with Gasteiger partial charge in [0.05, 0.1) is 0 Å². The van der Waals surface area contributed by atoms with Gasteiger partial charge in [-0.3, -0.25) is 4.98 Å². The molecule has 0 radical (unpaired) electrons. The molecular weight excluding hydrogens is 252 g/mol. The van der Waals surface area contributed by atoms with Gasteiger partial charge < -0.3 is 15.2 Å². The average Bonchev–Trinajstić information content (AvgIpc) is 2.48. The third-order valence-electron chi connectivity index (χ3n) is 2.92. The van der Waals surface area contributed by atoms with Crippen LogP contribution in [-0.2, 0) is 6.54 Å². The summed E-state index contributed by atoms with van der Waals surface area (Å²) in [7, 11) is 0. The fourth-order valence-corrected chi connectivity index (χ4v) is 1.77. The number of aryl methyl sites for hydroxylation is 1. The maximum atomic E-state index is 9.84. The number of rotatable bonds is 7. The molecule has 2 rings (SSSR count). The van der Waals surface area contributed by atoms with Crippen molar-refractivity contribution in [3.05, 3.63) is 59.9 Å². The highest BCUT2D eigenvalue weighted by atomic mass is 16.5. The van der Waals surface area contributed by atoms with Crippen molar-refractivity contribution in [2.45, 2.75) is 19.6 Å². The van der Waals surface area contributed by atoms with Crippen molar-refractivity contribution in [1.29, 1.82) is 0 Å². The lowest BCUT2D eigenvalue weighted by molar-refractivity contribution is 0.106. The Morgan fingerprint density at radius 3 is 2.55 bits per heavy atom. The van der Waals surface area contributed by atoms with Crippen LogP contribution in [0, 0.1) is 6.92 Å². The van der Waals surface area contributed by atoms with E-state index in [0.29, 0.717) is 13.1 Å². The van der Waals surface area contributed by atoms with Gasteiger partial charge in [-0.25, -0.2) is 0 Å². The zero-order chi connectivity index (χ0) is 14.2. The molecule has 0 saturated carbocycles. The number of aromatic nitrogens is 1. The number of aliphatic hydroxyl groups excluding tert-OH is 1. The SMILES string of the molecule is Cc1ccc(OCC(O)CNCc2ccncc2)cc1. The maximum Gasteiger partial charge on any atom is 0.119 e. The van der Waals surface area contributed by atoms with Gasteiger partial charge in [0.1, 0.15) is 18.5 Å². The summed E-state index contributed by atoms with van der Waals surface area (Å²) in [6, 6.07) is 11.7. The number of pyridine rings is 1. The van der Waals surface area contributed by atoms with Gasteiger partial charge in [-0.15, -0.1) is 0 Å². The van der Waals surface area contributed by atoms with E-state index in [-0.39, 0.29) is 6.61 Å². The van der Waals surface area contributed by atoms with Crippen LogP contribution in [-0.4, -0.2) is 29.3 Å². The smallest absolute Gasteiger partial charge is 0.119 e. The van der Waals surface area contributed by atoms with Crippen LogP contribution in [0.3, 0.4) is 0 Å². The summed E-state index contributed by atoms with van der Waals surface area (Å²) in [6.45, 7) is 3.52. The number of nitrogens with zero attached hydrogens (tertiary/aromatic N) is 1. The Bertz CT molecular complexity index is 500. The minimum absolute atomic E-state index is 0.284. The van der Waals surface area contributed by atoms with E-state index in [9.17, 15) is 5.11 Å². The number of benzene rings is 1. The molecule has 1 unspecified atom stereocenters. The van der Waals surface area contributed by atoms with Crippen molar-refractivity contribution in [3.8, 4) is 5.75 Å². The molecule has 20 heavy (non-hydrogen) atoms. The summed E-state index contributed by atoms with van der Waals surface area (Å²) in [4.78, 5) is 3.96. The summed E-state index contributed by atoms with van der Waals surface area (Å²) in [5, 5.41) is 13.0. The molecule has 4 nitrogen and oxygen atoms in total. The Balaban J connectivity index is 1.65. The van der Waals surface area contributed by atoms with Crippen LogP contribution < -0.4 is 10.1 Å². The van der Waals surface area contributed by atoms with Gasteiger partial charge >= 0.3 is 0 Å². The fourth-order valence-electron chi connectivity index (χ4n) is 1.77. The van der Waals surface area contributed by atoms with Crippen molar-refractivity contribution in [2.24, 2.45) is 0 Å². The summed E-state index contributed by atoms with van der Waals surface area (Å²) < 4.78 is 5.53. The van der Waals surface area contributed by atoms with Crippen molar-refractivity contribution in [1.82, 2.24) is 10.3 Å². The standard InChI is InChI=1S/C16H20N2O2/c1-13-2-4-16(5-3-13)20-12-15(19)11-18-10-14-6-8-17-9-7-14/h2-9,15,18-19H,10-12H2,1H3. The van der Waals surface area contributed by atoms with E-state index in [1.807, 2.05) is 43.3 Å². The molecule has 1 heterocycles. The van der Waals surface area contributed by atoms with Crippen LogP contribution in [0.25, 0.3) is 0 Å². The van der Waals surface area contributed by atoms with Gasteiger partial charge in [0, 0.05) is 25.5 Å². The van der Waals surface area contributed by atoms with Crippen LogP contribution in [0.1, 0.15) is 11.1 Å². The topological polar surface area (TPSA) is 54.4 Å². The van der Waals surface area contributed by atoms with Gasteiger partial charge in [-0.05, 0) is 36.8 Å². The molecule has 0 aliphatic heterocycles. The zero-order valence-electron chi connectivity index (χ0n) is 11.6. The Morgan fingerprint density at radius 2 is 1.85 bits per heavy atom. The van der Waals surface area contributed by atoms with E-state index in [1.54, 1.807) is 12.4 Å². The molecule has 0 aliphatic carbocycles. The molecule has 1 atom stereocenters. The molecule has 2 N–H and O–H groups in total. The molecule has 0 bridgehead atoms. The van der Waals surface area contributed by atoms with Crippen LogP contribution in [0.5, 0.6) is 5.75 Å². The Kier molecular flexibility index (Phi) is 5.53. The minimum Gasteiger partial charge on any atom is -0.491 e. The zero-order valence-corrected chi connectivity index (χ0v) is 11.6. The summed E-state index contributed by atoms with van der Waals surface area (Å²) in [6.07, 6.45) is 2.99. The largest absolute Gasteiger partial charge is 0.491 e. The molecule has 0 spiro atoms. The molecule has 2 aromatic rings. The maximum absolute atomic E-state index is 9.84. The second-order valence-corrected chi connectivity index (χ2v) is 4.76. The van der Waals surface area contributed by atoms with Crippen LogP contribution in [0.2, 0.25) is 0 Å². The molecule has 0 saturated heterocycles. The van der Waals surface area contributed by atoms with Gasteiger partial charge in [0.25, 0.3) is 0 Å². The highest BCUT2D eigenvalue weighted by Crippen LogP contribution is 2.11. The quantitative estimate of drug-likeness (QED) is 0.808. The van der Waals surface area contributed by atoms with E-state index in [1.165, 1.54) is 5.56 Å². The normalized spacial score (nSPS) is 12.1. The van der Waals surface area contributed by atoms with Crippen molar-refractivity contribution in [3.63, 3.8) is 0 Å². The second-order valence-electron chi connectivity index (χ2n) is 4.76. The van der Waals surface area contributed by atoms with Crippen LogP contribution in [0.4, 0.5) is 0 Å². The molecule has 0 amide bonds. The predicted molar refractivity (Wildman–Crippen MR) is 78.6 cm³/mol. The van der Waals surface area contributed by atoms with E-state index in [0.717, 1.165) is 11.3 Å². The summed E-state index contributed by atoms with van der Waals surface area (Å²) in [5.74, 6) is 0.781. The Morgan fingerprint density at radius 1 is 1.15 bits per heavy atom. The number of aliphatic hydroxyl groups is 1. The average molecular weight is 272 g/mol. The summed E-state index contributed by atoms with van der Waals surface area (Å²) >= 11 is 0. The second kappa shape index (κ2) is 7.62. The van der Waals surface area contributed by atoms with Crippen molar-refractivity contribution < 1.29 is 9.84 Å². The number of nitrogens with one attached hydrogen (secondary N) is 1.